The lowest BCUT2D eigenvalue weighted by atomic mass is 10.0. The predicted molar refractivity (Wildman–Crippen MR) is 137 cm³/mol. The molecule has 1 aliphatic carbocycles. The van der Waals surface area contributed by atoms with Gasteiger partial charge in [0.15, 0.2) is 5.82 Å². The van der Waals surface area contributed by atoms with Gasteiger partial charge in [-0.25, -0.2) is 4.68 Å². The molecule has 7 nitrogen and oxygen atoms in total. The van der Waals surface area contributed by atoms with Crippen LogP contribution in [0, 0.1) is 6.92 Å². The maximum absolute atomic E-state index is 12.0. The minimum absolute atomic E-state index is 0.000236. The number of amides is 1. The van der Waals surface area contributed by atoms with Crippen molar-refractivity contribution in [3.05, 3.63) is 77.0 Å². The Balaban J connectivity index is 1.26. The summed E-state index contributed by atoms with van der Waals surface area (Å²) in [4.78, 5) is 21.5. The molecule has 2 aliphatic rings. The zero-order valence-electron chi connectivity index (χ0n) is 20.2. The third-order valence-electron chi connectivity index (χ3n) is 6.93. The molecular weight excluding hydrogens is 436 g/mol. The van der Waals surface area contributed by atoms with E-state index in [2.05, 4.69) is 47.9 Å². The second-order valence-electron chi connectivity index (χ2n) is 9.48. The summed E-state index contributed by atoms with van der Waals surface area (Å²) in [7, 11) is 0. The summed E-state index contributed by atoms with van der Waals surface area (Å²) in [6.45, 7) is 6.82. The Bertz CT molecular complexity index is 1430. The van der Waals surface area contributed by atoms with Crippen molar-refractivity contribution in [3.8, 4) is 22.6 Å². The van der Waals surface area contributed by atoms with E-state index in [1.807, 2.05) is 42.9 Å². The highest BCUT2D eigenvalue weighted by atomic mass is 16.2. The summed E-state index contributed by atoms with van der Waals surface area (Å²) in [6, 6.07) is 16.4. The average molecular weight is 465 g/mol. The Morgan fingerprint density at radius 2 is 1.91 bits per heavy atom. The monoisotopic (exact) mass is 464 g/mol. The normalized spacial score (nSPS) is 16.8. The summed E-state index contributed by atoms with van der Waals surface area (Å²) in [5, 5.41) is 11.1. The molecule has 1 saturated carbocycles. The SMILES string of the molecule is CCn1nc(-c2ccc(-c3ccc(C4CC4)cn3)c(C)c2)nc1Nc1ccc2c(c1)C(C)NC2=O. The van der Waals surface area contributed by atoms with Gasteiger partial charge >= 0.3 is 0 Å². The van der Waals surface area contributed by atoms with Crippen LogP contribution in [0.3, 0.4) is 0 Å². The molecule has 2 aromatic carbocycles. The van der Waals surface area contributed by atoms with Gasteiger partial charge in [-0.15, -0.1) is 5.10 Å². The van der Waals surface area contributed by atoms with Crippen molar-refractivity contribution in [1.29, 1.82) is 0 Å². The van der Waals surface area contributed by atoms with E-state index in [-0.39, 0.29) is 11.9 Å². The number of benzene rings is 2. The average Bonchev–Trinajstić information content (AvgIpc) is 3.58. The van der Waals surface area contributed by atoms with Crippen molar-refractivity contribution in [2.45, 2.75) is 52.1 Å². The van der Waals surface area contributed by atoms with Crippen LogP contribution in [0.15, 0.2) is 54.7 Å². The van der Waals surface area contributed by atoms with Crippen LogP contribution >= 0.6 is 0 Å². The van der Waals surface area contributed by atoms with Crippen molar-refractivity contribution in [2.75, 3.05) is 5.32 Å². The van der Waals surface area contributed by atoms with Crippen LogP contribution in [0.1, 0.15) is 65.7 Å². The fraction of sp³-hybridized carbons (Fsp3) is 0.286. The molecule has 1 atom stereocenters. The van der Waals surface area contributed by atoms with Gasteiger partial charge in [-0.05, 0) is 86.6 Å². The Labute approximate surface area is 204 Å². The van der Waals surface area contributed by atoms with Gasteiger partial charge in [0.2, 0.25) is 5.95 Å². The second-order valence-corrected chi connectivity index (χ2v) is 9.48. The number of nitrogens with one attached hydrogen (secondary N) is 2. The molecule has 1 fully saturated rings. The number of nitrogens with zero attached hydrogens (tertiary/aromatic N) is 4. The van der Waals surface area contributed by atoms with E-state index < -0.39 is 0 Å². The molecule has 0 bridgehead atoms. The number of hydrogen-bond donors (Lipinski definition) is 2. The summed E-state index contributed by atoms with van der Waals surface area (Å²) in [5.41, 5.74) is 8.17. The molecule has 1 amide bonds. The van der Waals surface area contributed by atoms with Gasteiger partial charge in [0.05, 0.1) is 11.7 Å². The standard InChI is InChI=1S/C28H28N6O/c1-4-34-28(31-21-9-11-23-24(14-21)17(3)30-27(23)35)32-26(33-34)19-7-10-22(16(2)13-19)25-12-8-20(15-29-25)18-5-6-18/h7-15,17-18H,4-6H2,1-3H3,(H,30,35)(H,31,32,33). The molecule has 2 N–H and O–H groups in total. The van der Waals surface area contributed by atoms with Crippen LogP contribution in [0.25, 0.3) is 22.6 Å². The Morgan fingerprint density at radius 3 is 2.63 bits per heavy atom. The Morgan fingerprint density at radius 1 is 1.09 bits per heavy atom. The van der Waals surface area contributed by atoms with E-state index in [9.17, 15) is 4.79 Å². The maximum Gasteiger partial charge on any atom is 0.252 e. The largest absolute Gasteiger partial charge is 0.345 e. The lowest BCUT2D eigenvalue weighted by Gasteiger charge is -2.09. The van der Waals surface area contributed by atoms with E-state index in [1.54, 1.807) is 0 Å². The van der Waals surface area contributed by atoms with Gasteiger partial charge in [0, 0.05) is 35.1 Å². The first kappa shape index (κ1) is 21.5. The van der Waals surface area contributed by atoms with E-state index in [1.165, 1.54) is 18.4 Å². The molecule has 7 heteroatoms. The van der Waals surface area contributed by atoms with Crippen LogP contribution in [0.4, 0.5) is 11.6 Å². The zero-order valence-corrected chi connectivity index (χ0v) is 20.2. The Hall–Kier alpha value is -4.00. The third-order valence-corrected chi connectivity index (χ3v) is 6.93. The van der Waals surface area contributed by atoms with Gasteiger partial charge in [0.1, 0.15) is 0 Å². The summed E-state index contributed by atoms with van der Waals surface area (Å²) in [6.07, 6.45) is 4.59. The van der Waals surface area contributed by atoms with E-state index in [0.29, 0.717) is 24.2 Å². The van der Waals surface area contributed by atoms with Crippen molar-refractivity contribution < 1.29 is 4.79 Å². The van der Waals surface area contributed by atoms with Crippen molar-refractivity contribution in [3.63, 3.8) is 0 Å². The van der Waals surface area contributed by atoms with Crippen LogP contribution in [0.2, 0.25) is 0 Å². The van der Waals surface area contributed by atoms with Crippen molar-refractivity contribution in [1.82, 2.24) is 25.1 Å². The molecule has 6 rings (SSSR count). The zero-order chi connectivity index (χ0) is 24.1. The lowest BCUT2D eigenvalue weighted by molar-refractivity contribution is 0.0958. The van der Waals surface area contributed by atoms with Gasteiger partial charge in [-0.2, -0.15) is 4.98 Å². The molecule has 2 aromatic heterocycles. The molecule has 1 aliphatic heterocycles. The first-order valence-electron chi connectivity index (χ1n) is 12.2. The van der Waals surface area contributed by atoms with Crippen LogP contribution in [0.5, 0.6) is 0 Å². The lowest BCUT2D eigenvalue weighted by Crippen LogP contribution is -2.16. The highest BCUT2D eigenvalue weighted by Crippen LogP contribution is 2.40. The number of pyridine rings is 1. The fourth-order valence-corrected chi connectivity index (χ4v) is 4.78. The molecule has 176 valence electrons. The predicted octanol–water partition coefficient (Wildman–Crippen LogP) is 5.76. The quantitative estimate of drug-likeness (QED) is 0.379. The molecule has 4 aromatic rings. The smallest absolute Gasteiger partial charge is 0.252 e. The Kier molecular flexibility index (Phi) is 5.13. The van der Waals surface area contributed by atoms with E-state index in [4.69, 9.17) is 15.1 Å². The molecular formula is C28H28N6O. The number of fused-ring (bicyclic) bond motifs is 1. The molecule has 0 radical (unpaired) electrons. The molecule has 1 unspecified atom stereocenters. The molecule has 0 saturated heterocycles. The second kappa shape index (κ2) is 8.34. The van der Waals surface area contributed by atoms with E-state index in [0.717, 1.165) is 39.2 Å². The molecule has 3 heterocycles. The van der Waals surface area contributed by atoms with Crippen LogP contribution in [-0.2, 0) is 6.54 Å². The number of carbonyl (C=O) groups is 1. The number of aryl methyl sites for hydroxylation is 2. The van der Waals surface area contributed by atoms with Gasteiger partial charge in [0.25, 0.3) is 5.91 Å². The highest BCUT2D eigenvalue weighted by Gasteiger charge is 2.26. The minimum atomic E-state index is -0.0223. The number of anilines is 2. The summed E-state index contributed by atoms with van der Waals surface area (Å²) >= 11 is 0. The number of aromatic nitrogens is 4. The molecule has 0 spiro atoms. The van der Waals surface area contributed by atoms with Crippen LogP contribution < -0.4 is 10.6 Å². The van der Waals surface area contributed by atoms with Crippen molar-refractivity contribution >= 4 is 17.5 Å². The van der Waals surface area contributed by atoms with Crippen molar-refractivity contribution in [2.24, 2.45) is 0 Å². The summed E-state index contributed by atoms with van der Waals surface area (Å²) in [5.74, 6) is 2.03. The van der Waals surface area contributed by atoms with Crippen LogP contribution in [-0.4, -0.2) is 25.7 Å². The maximum atomic E-state index is 12.0. The van der Waals surface area contributed by atoms with Gasteiger partial charge in [-0.1, -0.05) is 18.2 Å². The topological polar surface area (TPSA) is 84.7 Å². The number of carbonyl (C=O) groups excluding carboxylic acids is 1. The number of hydrogen-bond acceptors (Lipinski definition) is 5. The first-order valence-corrected chi connectivity index (χ1v) is 12.2. The van der Waals surface area contributed by atoms with Gasteiger partial charge in [-0.3, -0.25) is 9.78 Å². The fourth-order valence-electron chi connectivity index (χ4n) is 4.78. The first-order chi connectivity index (χ1) is 17.0. The highest BCUT2D eigenvalue weighted by molar-refractivity contribution is 5.99. The summed E-state index contributed by atoms with van der Waals surface area (Å²) < 4.78 is 1.86. The number of rotatable bonds is 6. The van der Waals surface area contributed by atoms with E-state index >= 15 is 0 Å². The third kappa shape index (κ3) is 3.97. The van der Waals surface area contributed by atoms with Gasteiger partial charge < -0.3 is 10.6 Å². The minimum Gasteiger partial charge on any atom is -0.345 e. The molecule has 35 heavy (non-hydrogen) atoms.